The first kappa shape index (κ1) is 42.2. The number of alkyl halides is 1. The Hall–Kier alpha value is -6.25. The predicted octanol–water partition coefficient (Wildman–Crippen LogP) is 5.13. The second kappa shape index (κ2) is 19.5. The van der Waals surface area contributed by atoms with Crippen molar-refractivity contribution in [2.45, 2.75) is 30.4 Å². The molecule has 0 saturated heterocycles. The SMILES string of the molecule is COC(=O)c1ccc(C(=O)OC)c(/N=N/C(C(C)=O)C(=O)Nc2ccc(NC(=O)C(/N=N/c3cc(C(=O)OC)ccc3C(=O)OC)C(C)=O)c(CI)c2)c1. The first-order chi connectivity index (χ1) is 25.7. The van der Waals surface area contributed by atoms with Gasteiger partial charge in [-0.25, -0.2) is 19.2 Å². The number of ether oxygens (including phenoxy) is 4. The van der Waals surface area contributed by atoms with Crippen LogP contribution in [0, 0.1) is 0 Å². The number of hydrogen-bond acceptors (Lipinski definition) is 16. The standard InChI is InChI=1S/C35H33IN6O12/c1-17(43)28(41-39-26-14-19(32(47)51-3)7-10-23(26)34(49)53-5)30(45)37-22-9-12-25(21(13-22)16-36)38-31(46)29(18(2)44)42-40-27-15-20(33(48)52-4)8-11-24(27)35(50)54-6/h7-15,28-29H,16H2,1-6H3,(H,37,45)(H,38,46)/b41-39+,42-40+. The highest BCUT2D eigenvalue weighted by Gasteiger charge is 2.27. The van der Waals surface area contributed by atoms with Gasteiger partial charge in [-0.1, -0.05) is 22.6 Å². The van der Waals surface area contributed by atoms with E-state index < -0.39 is 59.3 Å². The van der Waals surface area contributed by atoms with Gasteiger partial charge in [0.25, 0.3) is 11.8 Å². The first-order valence-corrected chi connectivity index (χ1v) is 17.0. The molecule has 0 heterocycles. The number of carbonyl (C=O) groups is 8. The summed E-state index contributed by atoms with van der Waals surface area (Å²) in [6.07, 6.45) is 0. The topological polar surface area (TPSA) is 247 Å². The van der Waals surface area contributed by atoms with E-state index in [0.717, 1.165) is 42.3 Å². The summed E-state index contributed by atoms with van der Waals surface area (Å²) in [5.74, 6) is -6.22. The van der Waals surface area contributed by atoms with E-state index in [1.54, 1.807) is 0 Å². The fourth-order valence-corrected chi connectivity index (χ4v) is 5.11. The van der Waals surface area contributed by atoms with E-state index in [9.17, 15) is 38.4 Å². The van der Waals surface area contributed by atoms with E-state index in [0.29, 0.717) is 9.99 Å². The number of nitrogens with one attached hydrogen (secondary N) is 2. The maximum Gasteiger partial charge on any atom is 0.340 e. The summed E-state index contributed by atoms with van der Waals surface area (Å²) in [5, 5.41) is 20.7. The van der Waals surface area contributed by atoms with Crippen molar-refractivity contribution in [3.8, 4) is 0 Å². The minimum Gasteiger partial charge on any atom is -0.465 e. The van der Waals surface area contributed by atoms with Crippen LogP contribution in [0.1, 0.15) is 60.8 Å². The van der Waals surface area contributed by atoms with Crippen molar-refractivity contribution in [1.29, 1.82) is 0 Å². The van der Waals surface area contributed by atoms with Crippen molar-refractivity contribution in [3.63, 3.8) is 0 Å². The Balaban J connectivity index is 1.86. The molecule has 54 heavy (non-hydrogen) atoms. The van der Waals surface area contributed by atoms with E-state index in [4.69, 9.17) is 18.9 Å². The van der Waals surface area contributed by atoms with Gasteiger partial charge in [0.2, 0.25) is 12.1 Å². The molecule has 19 heteroatoms. The molecule has 2 N–H and O–H groups in total. The van der Waals surface area contributed by atoms with Crippen LogP contribution < -0.4 is 10.6 Å². The van der Waals surface area contributed by atoms with Crippen molar-refractivity contribution >= 4 is 92.6 Å². The molecule has 0 aromatic heterocycles. The van der Waals surface area contributed by atoms with Crippen LogP contribution in [0.2, 0.25) is 0 Å². The van der Waals surface area contributed by atoms with Crippen LogP contribution in [0.15, 0.2) is 75.1 Å². The average molecular weight is 857 g/mol. The maximum absolute atomic E-state index is 13.3. The summed E-state index contributed by atoms with van der Waals surface area (Å²) in [6, 6.07) is 8.54. The predicted molar refractivity (Wildman–Crippen MR) is 198 cm³/mol. The number of methoxy groups -OCH3 is 4. The van der Waals surface area contributed by atoms with Gasteiger partial charge >= 0.3 is 23.9 Å². The largest absolute Gasteiger partial charge is 0.465 e. The Morgan fingerprint density at radius 1 is 0.593 bits per heavy atom. The summed E-state index contributed by atoms with van der Waals surface area (Å²) in [5.41, 5.74) is 0.509. The number of anilines is 2. The number of halogens is 1. The van der Waals surface area contributed by atoms with Gasteiger partial charge < -0.3 is 29.6 Å². The van der Waals surface area contributed by atoms with Gasteiger partial charge in [-0.15, -0.1) is 0 Å². The van der Waals surface area contributed by atoms with Crippen molar-refractivity contribution in [2.24, 2.45) is 20.5 Å². The lowest BCUT2D eigenvalue weighted by atomic mass is 10.1. The minimum absolute atomic E-state index is 0.0252. The molecule has 18 nitrogen and oxygen atoms in total. The Kier molecular flexibility index (Phi) is 15.3. The molecule has 0 aliphatic carbocycles. The van der Waals surface area contributed by atoms with E-state index in [1.807, 2.05) is 22.6 Å². The highest BCUT2D eigenvalue weighted by atomic mass is 127. The van der Waals surface area contributed by atoms with Gasteiger partial charge in [0.15, 0.2) is 11.6 Å². The summed E-state index contributed by atoms with van der Waals surface area (Å²) in [6.45, 7) is 2.22. The number of amides is 2. The molecule has 0 radical (unpaired) electrons. The van der Waals surface area contributed by atoms with Crippen molar-refractivity contribution in [1.82, 2.24) is 0 Å². The van der Waals surface area contributed by atoms with Gasteiger partial charge in [0.05, 0.1) is 50.7 Å². The first-order valence-electron chi connectivity index (χ1n) is 15.4. The zero-order valence-electron chi connectivity index (χ0n) is 29.6. The summed E-state index contributed by atoms with van der Waals surface area (Å²) < 4.78 is 19.2. The number of esters is 4. The number of nitrogens with zero attached hydrogens (tertiary/aromatic N) is 4. The smallest absolute Gasteiger partial charge is 0.340 e. The number of azo groups is 2. The van der Waals surface area contributed by atoms with Crippen LogP contribution in [0.5, 0.6) is 0 Å². The van der Waals surface area contributed by atoms with Crippen LogP contribution in [0.25, 0.3) is 0 Å². The number of Topliss-reactive ketones (excluding diaryl/α,β-unsaturated/α-hetero) is 2. The van der Waals surface area contributed by atoms with E-state index in [-0.39, 0.29) is 45.0 Å². The van der Waals surface area contributed by atoms with Crippen molar-refractivity contribution in [3.05, 3.63) is 82.4 Å². The van der Waals surface area contributed by atoms with Crippen LogP contribution in [0.3, 0.4) is 0 Å². The van der Waals surface area contributed by atoms with E-state index >= 15 is 0 Å². The Morgan fingerprint density at radius 3 is 1.41 bits per heavy atom. The van der Waals surface area contributed by atoms with Gasteiger partial charge in [-0.3, -0.25) is 19.2 Å². The molecule has 0 fully saturated rings. The normalized spacial score (nSPS) is 12.0. The maximum atomic E-state index is 13.3. The molecule has 0 spiro atoms. The van der Waals surface area contributed by atoms with Crippen molar-refractivity contribution in [2.75, 3.05) is 39.1 Å². The Labute approximate surface area is 321 Å². The lowest BCUT2D eigenvalue weighted by Gasteiger charge is -2.15. The number of rotatable bonds is 15. The highest BCUT2D eigenvalue weighted by molar-refractivity contribution is 14.1. The number of benzene rings is 3. The second-order valence-corrected chi connectivity index (χ2v) is 11.6. The molecule has 3 rings (SSSR count). The number of hydrogen-bond donors (Lipinski definition) is 2. The molecule has 282 valence electrons. The third-order valence-corrected chi connectivity index (χ3v) is 8.07. The zero-order chi connectivity index (χ0) is 40.1. The molecule has 3 aromatic rings. The van der Waals surface area contributed by atoms with Gasteiger partial charge in [0, 0.05) is 15.8 Å². The molecule has 2 atom stereocenters. The van der Waals surface area contributed by atoms with Crippen LogP contribution in [-0.2, 0) is 42.6 Å². The molecular formula is C35H33IN6O12. The summed E-state index contributed by atoms with van der Waals surface area (Å²) in [7, 11) is 4.59. The lowest BCUT2D eigenvalue weighted by Crippen LogP contribution is -2.32. The second-order valence-electron chi connectivity index (χ2n) is 10.9. The van der Waals surface area contributed by atoms with Crippen LogP contribution in [-0.4, -0.2) is 87.8 Å². The number of ketones is 2. The molecule has 0 saturated carbocycles. The third kappa shape index (κ3) is 10.6. The third-order valence-electron chi connectivity index (χ3n) is 7.25. The van der Waals surface area contributed by atoms with Crippen LogP contribution in [0.4, 0.5) is 22.7 Å². The van der Waals surface area contributed by atoms with E-state index in [1.165, 1.54) is 54.6 Å². The van der Waals surface area contributed by atoms with Gasteiger partial charge in [-0.05, 0) is 74.0 Å². The fourth-order valence-electron chi connectivity index (χ4n) is 4.48. The molecule has 0 aliphatic heterocycles. The fraction of sp³-hybridized carbons (Fsp3) is 0.257. The average Bonchev–Trinajstić information content (AvgIpc) is 3.16. The molecule has 3 aromatic carbocycles. The quantitative estimate of drug-likeness (QED) is 0.0505. The van der Waals surface area contributed by atoms with Crippen molar-refractivity contribution < 1.29 is 57.3 Å². The minimum atomic E-state index is -1.67. The molecule has 0 aliphatic rings. The lowest BCUT2D eigenvalue weighted by molar-refractivity contribution is -0.127. The molecule has 0 bridgehead atoms. The Bertz CT molecular complexity index is 2070. The highest BCUT2D eigenvalue weighted by Crippen LogP contribution is 2.27. The Morgan fingerprint density at radius 2 is 1.02 bits per heavy atom. The summed E-state index contributed by atoms with van der Waals surface area (Å²) >= 11 is 2.01. The molecule has 2 amide bonds. The molecule has 2 unspecified atom stereocenters. The zero-order valence-corrected chi connectivity index (χ0v) is 31.8. The molecular weight excluding hydrogens is 823 g/mol. The monoisotopic (exact) mass is 856 g/mol. The van der Waals surface area contributed by atoms with Gasteiger partial charge in [0.1, 0.15) is 11.4 Å². The van der Waals surface area contributed by atoms with Crippen LogP contribution >= 0.6 is 22.6 Å². The van der Waals surface area contributed by atoms with E-state index in [2.05, 4.69) is 31.1 Å². The van der Waals surface area contributed by atoms with Gasteiger partial charge in [-0.2, -0.15) is 20.5 Å². The summed E-state index contributed by atoms with van der Waals surface area (Å²) in [4.78, 5) is 100. The number of carbonyl (C=O) groups excluding carboxylic acids is 8.